The van der Waals surface area contributed by atoms with E-state index in [1.165, 1.54) is 0 Å². The zero-order valence-electron chi connectivity index (χ0n) is 17.9. The van der Waals surface area contributed by atoms with Gasteiger partial charge in [-0.05, 0) is 42.7 Å². The molecule has 0 N–H and O–H groups in total. The first kappa shape index (κ1) is 21.7. The summed E-state index contributed by atoms with van der Waals surface area (Å²) in [5.74, 6) is 1.24. The number of carbonyl (C=O) groups excluding carboxylic acids is 2. The smallest absolute Gasteiger partial charge is 0.257 e. The van der Waals surface area contributed by atoms with Gasteiger partial charge in [-0.3, -0.25) is 9.59 Å². The van der Waals surface area contributed by atoms with Crippen molar-refractivity contribution >= 4 is 27.7 Å². The summed E-state index contributed by atoms with van der Waals surface area (Å²) in [5.41, 5.74) is 1.19. The van der Waals surface area contributed by atoms with E-state index in [1.807, 2.05) is 17.0 Å². The van der Waals surface area contributed by atoms with Gasteiger partial charge in [0.15, 0.2) is 0 Å². The maximum atomic E-state index is 13.5. The van der Waals surface area contributed by atoms with Crippen LogP contribution in [0.25, 0.3) is 0 Å². The Morgan fingerprint density at radius 1 is 0.903 bits per heavy atom. The summed E-state index contributed by atoms with van der Waals surface area (Å²) in [4.78, 5) is 30.3. The van der Waals surface area contributed by atoms with Crippen molar-refractivity contribution in [2.75, 3.05) is 40.4 Å². The molecule has 31 heavy (non-hydrogen) atoms. The Balaban J connectivity index is 1.44. The number of amides is 2. The number of hydrogen-bond acceptors (Lipinski definition) is 4. The van der Waals surface area contributed by atoms with Crippen LogP contribution in [0.15, 0.2) is 46.9 Å². The number of ether oxygens (including phenoxy) is 2. The van der Waals surface area contributed by atoms with Crippen LogP contribution in [0.5, 0.6) is 11.5 Å². The maximum Gasteiger partial charge on any atom is 0.257 e. The minimum atomic E-state index is -0.411. The lowest BCUT2D eigenvalue weighted by atomic mass is 9.63. The Hall–Kier alpha value is -2.54. The summed E-state index contributed by atoms with van der Waals surface area (Å²) in [5, 5.41) is 0. The third-order valence-corrected chi connectivity index (χ3v) is 7.04. The highest BCUT2D eigenvalue weighted by Crippen LogP contribution is 2.45. The number of carbonyl (C=O) groups is 2. The van der Waals surface area contributed by atoms with E-state index in [9.17, 15) is 9.59 Å². The molecule has 1 heterocycles. The molecule has 1 saturated heterocycles. The van der Waals surface area contributed by atoms with Gasteiger partial charge in [-0.15, -0.1) is 0 Å². The zero-order valence-corrected chi connectivity index (χ0v) is 19.5. The first-order chi connectivity index (χ1) is 15.0. The van der Waals surface area contributed by atoms with Crippen molar-refractivity contribution in [2.45, 2.75) is 24.7 Å². The molecule has 0 aromatic heterocycles. The topological polar surface area (TPSA) is 59.1 Å². The van der Waals surface area contributed by atoms with Crippen LogP contribution in [-0.2, 0) is 10.2 Å². The van der Waals surface area contributed by atoms with Crippen molar-refractivity contribution in [3.05, 3.63) is 58.1 Å². The van der Waals surface area contributed by atoms with Gasteiger partial charge in [0.2, 0.25) is 5.91 Å². The maximum absolute atomic E-state index is 13.5. The normalized spacial score (nSPS) is 17.6. The molecule has 164 valence electrons. The molecule has 2 aromatic rings. The third-order valence-electron chi connectivity index (χ3n) is 6.51. The van der Waals surface area contributed by atoms with Gasteiger partial charge in [-0.2, -0.15) is 0 Å². The second kappa shape index (κ2) is 8.91. The van der Waals surface area contributed by atoms with Crippen LogP contribution in [0.3, 0.4) is 0 Å². The molecule has 0 atom stereocenters. The van der Waals surface area contributed by atoms with E-state index < -0.39 is 5.41 Å². The number of piperazine rings is 1. The first-order valence-corrected chi connectivity index (χ1v) is 11.3. The fraction of sp³-hybridized carbons (Fsp3) is 0.417. The second-order valence-corrected chi connectivity index (χ2v) is 9.01. The predicted octanol–water partition coefficient (Wildman–Crippen LogP) is 3.87. The Morgan fingerprint density at radius 2 is 1.55 bits per heavy atom. The van der Waals surface area contributed by atoms with Gasteiger partial charge in [0.1, 0.15) is 11.5 Å². The molecule has 2 fully saturated rings. The highest BCUT2D eigenvalue weighted by molar-refractivity contribution is 9.10. The van der Waals surface area contributed by atoms with E-state index in [1.54, 1.807) is 37.3 Å². The monoisotopic (exact) mass is 486 g/mol. The Kier molecular flexibility index (Phi) is 6.23. The van der Waals surface area contributed by atoms with Crippen molar-refractivity contribution in [1.29, 1.82) is 0 Å². The highest BCUT2D eigenvalue weighted by Gasteiger charge is 2.48. The van der Waals surface area contributed by atoms with Crippen molar-refractivity contribution in [2.24, 2.45) is 0 Å². The molecular weight excluding hydrogens is 460 g/mol. The molecule has 0 spiro atoms. The number of methoxy groups -OCH3 is 2. The van der Waals surface area contributed by atoms with E-state index in [-0.39, 0.29) is 11.8 Å². The minimum Gasteiger partial charge on any atom is -0.497 e. The molecule has 1 aliphatic carbocycles. The Bertz CT molecular complexity index is 964. The van der Waals surface area contributed by atoms with Gasteiger partial charge >= 0.3 is 0 Å². The summed E-state index contributed by atoms with van der Waals surface area (Å²) in [6.45, 7) is 2.11. The number of rotatable bonds is 5. The molecule has 2 amide bonds. The van der Waals surface area contributed by atoms with Crippen LogP contribution in [0.1, 0.15) is 35.2 Å². The minimum absolute atomic E-state index is 0.0853. The highest BCUT2D eigenvalue weighted by atomic mass is 79.9. The average Bonchev–Trinajstić information content (AvgIpc) is 2.78. The summed E-state index contributed by atoms with van der Waals surface area (Å²) >= 11 is 3.47. The lowest BCUT2D eigenvalue weighted by Gasteiger charge is -2.46. The van der Waals surface area contributed by atoms with Gasteiger partial charge in [-0.25, -0.2) is 0 Å². The number of benzene rings is 2. The van der Waals surface area contributed by atoms with Gasteiger partial charge in [0.05, 0.1) is 25.2 Å². The fourth-order valence-corrected chi connectivity index (χ4v) is 4.75. The molecule has 1 aliphatic heterocycles. The van der Waals surface area contributed by atoms with Crippen LogP contribution in [0.2, 0.25) is 0 Å². The Morgan fingerprint density at radius 3 is 2.10 bits per heavy atom. The molecule has 7 heteroatoms. The van der Waals surface area contributed by atoms with E-state index in [0.717, 1.165) is 29.3 Å². The molecular formula is C24H27BrN2O4. The molecule has 2 aromatic carbocycles. The van der Waals surface area contributed by atoms with Crippen molar-refractivity contribution in [3.8, 4) is 11.5 Å². The molecule has 1 saturated carbocycles. The van der Waals surface area contributed by atoms with E-state index in [4.69, 9.17) is 9.47 Å². The molecule has 0 unspecified atom stereocenters. The fourth-order valence-electron chi connectivity index (χ4n) is 4.49. The van der Waals surface area contributed by atoms with Gasteiger partial charge in [0, 0.05) is 36.7 Å². The SMILES string of the molecule is COc1ccc(C(=O)N2CCN(C(=O)C3(c4ccc(Br)cc4)CCC3)CC2)c(OC)c1. The van der Waals surface area contributed by atoms with E-state index in [0.29, 0.717) is 43.2 Å². The van der Waals surface area contributed by atoms with Crippen LogP contribution < -0.4 is 9.47 Å². The number of nitrogens with zero attached hydrogens (tertiary/aromatic N) is 2. The van der Waals surface area contributed by atoms with Crippen molar-refractivity contribution in [1.82, 2.24) is 9.80 Å². The van der Waals surface area contributed by atoms with Crippen molar-refractivity contribution < 1.29 is 19.1 Å². The quantitative estimate of drug-likeness (QED) is 0.643. The first-order valence-electron chi connectivity index (χ1n) is 10.6. The summed E-state index contributed by atoms with van der Waals surface area (Å²) < 4.78 is 11.6. The number of hydrogen-bond donors (Lipinski definition) is 0. The largest absolute Gasteiger partial charge is 0.497 e. The van der Waals surface area contributed by atoms with Crippen LogP contribution in [0, 0.1) is 0 Å². The molecule has 0 bridgehead atoms. The standard InChI is InChI=1S/C24H27BrN2O4/c1-30-19-8-9-20(21(16-19)31-2)22(28)26-12-14-27(15-13-26)23(29)24(10-3-11-24)17-4-6-18(25)7-5-17/h4-9,16H,3,10-15H2,1-2H3. The summed E-state index contributed by atoms with van der Waals surface area (Å²) in [7, 11) is 3.12. The predicted molar refractivity (Wildman–Crippen MR) is 122 cm³/mol. The zero-order chi connectivity index (χ0) is 22.0. The van der Waals surface area contributed by atoms with Crippen LogP contribution in [0.4, 0.5) is 0 Å². The second-order valence-electron chi connectivity index (χ2n) is 8.09. The van der Waals surface area contributed by atoms with Gasteiger partial charge < -0.3 is 19.3 Å². The van der Waals surface area contributed by atoms with Crippen LogP contribution in [-0.4, -0.2) is 62.0 Å². The van der Waals surface area contributed by atoms with Gasteiger partial charge in [-0.1, -0.05) is 34.5 Å². The lowest BCUT2D eigenvalue weighted by Crippen LogP contribution is -2.57. The third kappa shape index (κ3) is 4.03. The Labute approximate surface area is 191 Å². The van der Waals surface area contributed by atoms with Crippen LogP contribution >= 0.6 is 15.9 Å². The molecule has 6 nitrogen and oxygen atoms in total. The summed E-state index contributed by atoms with van der Waals surface area (Å²) in [6.07, 6.45) is 2.84. The van der Waals surface area contributed by atoms with Gasteiger partial charge in [0.25, 0.3) is 5.91 Å². The average molecular weight is 487 g/mol. The molecule has 2 aliphatic rings. The molecule has 0 radical (unpaired) electrons. The summed E-state index contributed by atoms with van der Waals surface area (Å²) in [6, 6.07) is 13.3. The van der Waals surface area contributed by atoms with E-state index >= 15 is 0 Å². The van der Waals surface area contributed by atoms with E-state index in [2.05, 4.69) is 28.1 Å². The molecule has 4 rings (SSSR count). The lowest BCUT2D eigenvalue weighted by molar-refractivity contribution is -0.142. The van der Waals surface area contributed by atoms with Crippen molar-refractivity contribution in [3.63, 3.8) is 0 Å². The number of halogens is 1.